The van der Waals surface area contributed by atoms with Gasteiger partial charge in [0, 0.05) is 28.1 Å². The lowest BCUT2D eigenvalue weighted by Crippen LogP contribution is -1.85. The zero-order valence-electron chi connectivity index (χ0n) is 9.67. The Balaban J connectivity index is 2.11. The van der Waals surface area contributed by atoms with Gasteiger partial charge >= 0.3 is 0 Å². The molecule has 0 aliphatic carbocycles. The second-order valence-electron chi connectivity index (χ2n) is 4.10. The monoisotopic (exact) mass is 273 g/mol. The van der Waals surface area contributed by atoms with Crippen LogP contribution in [0.3, 0.4) is 0 Å². The van der Waals surface area contributed by atoms with Crippen molar-refractivity contribution in [1.82, 2.24) is 0 Å². The summed E-state index contributed by atoms with van der Waals surface area (Å²) in [6.07, 6.45) is 0. The molecule has 94 valence electrons. The molecule has 5 heteroatoms. The van der Waals surface area contributed by atoms with E-state index in [0.29, 0.717) is 21.8 Å². The molecule has 3 aromatic rings. The van der Waals surface area contributed by atoms with Gasteiger partial charge in [-0.3, -0.25) is 10.1 Å². The highest BCUT2D eigenvalue weighted by molar-refractivity contribution is 6.30. The summed E-state index contributed by atoms with van der Waals surface area (Å²) in [5.41, 5.74) is 1.55. The van der Waals surface area contributed by atoms with Crippen LogP contribution in [0.5, 0.6) is 0 Å². The zero-order valence-corrected chi connectivity index (χ0v) is 10.4. The van der Waals surface area contributed by atoms with Crippen molar-refractivity contribution >= 4 is 28.3 Å². The smallest absolute Gasteiger partial charge is 0.270 e. The third kappa shape index (κ3) is 2.18. The number of nitro groups is 1. The van der Waals surface area contributed by atoms with Crippen LogP contribution in [-0.4, -0.2) is 4.92 Å². The van der Waals surface area contributed by atoms with Crippen molar-refractivity contribution in [3.8, 4) is 11.3 Å². The van der Waals surface area contributed by atoms with Gasteiger partial charge in [0.05, 0.1) is 4.92 Å². The summed E-state index contributed by atoms with van der Waals surface area (Å²) in [5, 5.41) is 12.1. The molecule has 0 saturated carbocycles. The van der Waals surface area contributed by atoms with Gasteiger partial charge in [-0.05, 0) is 36.4 Å². The summed E-state index contributed by atoms with van der Waals surface area (Å²) in [5.74, 6) is 0.659. The maximum Gasteiger partial charge on any atom is 0.270 e. The quantitative estimate of drug-likeness (QED) is 0.504. The highest BCUT2D eigenvalue weighted by Gasteiger charge is 2.11. The number of non-ortho nitro benzene ring substituents is 1. The van der Waals surface area contributed by atoms with E-state index < -0.39 is 4.92 Å². The second kappa shape index (κ2) is 4.40. The van der Waals surface area contributed by atoms with Crippen LogP contribution in [0.4, 0.5) is 5.69 Å². The Morgan fingerprint density at radius 3 is 2.47 bits per heavy atom. The van der Waals surface area contributed by atoms with E-state index in [2.05, 4.69) is 0 Å². The van der Waals surface area contributed by atoms with Crippen molar-refractivity contribution in [3.63, 3.8) is 0 Å². The maximum atomic E-state index is 10.7. The number of hydrogen-bond acceptors (Lipinski definition) is 3. The van der Waals surface area contributed by atoms with Crippen LogP contribution in [-0.2, 0) is 0 Å². The molecule has 0 saturated heterocycles. The molecule has 1 aromatic heterocycles. The minimum absolute atomic E-state index is 0.0518. The van der Waals surface area contributed by atoms with E-state index in [1.165, 1.54) is 12.1 Å². The van der Waals surface area contributed by atoms with E-state index in [9.17, 15) is 10.1 Å². The zero-order chi connectivity index (χ0) is 13.4. The number of fused-ring (bicyclic) bond motifs is 1. The Morgan fingerprint density at radius 1 is 1.05 bits per heavy atom. The molecule has 0 spiro atoms. The fraction of sp³-hybridized carbons (Fsp3) is 0. The van der Waals surface area contributed by atoms with Crippen molar-refractivity contribution in [3.05, 3.63) is 63.7 Å². The minimum Gasteiger partial charge on any atom is -0.456 e. The summed E-state index contributed by atoms with van der Waals surface area (Å²) >= 11 is 5.83. The van der Waals surface area contributed by atoms with Gasteiger partial charge in [0.15, 0.2) is 0 Å². The van der Waals surface area contributed by atoms with E-state index in [-0.39, 0.29) is 5.69 Å². The fourth-order valence-corrected chi connectivity index (χ4v) is 2.03. The van der Waals surface area contributed by atoms with Crippen LogP contribution in [0.1, 0.15) is 0 Å². The Kier molecular flexibility index (Phi) is 2.72. The SMILES string of the molecule is O=[N+]([O-])c1ccc2oc(-c3ccc(Cl)cc3)cc2c1. The number of halogens is 1. The average molecular weight is 274 g/mol. The number of nitrogens with zero attached hydrogens (tertiary/aromatic N) is 1. The lowest BCUT2D eigenvalue weighted by atomic mass is 10.1. The normalized spacial score (nSPS) is 10.8. The van der Waals surface area contributed by atoms with Crippen LogP contribution >= 0.6 is 11.6 Å². The summed E-state index contributed by atoms with van der Waals surface area (Å²) in [6, 6.07) is 13.5. The Bertz CT molecular complexity index is 762. The van der Waals surface area contributed by atoms with Crippen LogP contribution < -0.4 is 0 Å². The highest BCUT2D eigenvalue weighted by atomic mass is 35.5. The fourth-order valence-electron chi connectivity index (χ4n) is 1.90. The summed E-state index contributed by atoms with van der Waals surface area (Å²) in [4.78, 5) is 10.3. The molecule has 2 aromatic carbocycles. The molecule has 0 radical (unpaired) electrons. The van der Waals surface area contributed by atoms with Gasteiger partial charge in [0.25, 0.3) is 5.69 Å². The Hall–Kier alpha value is -2.33. The lowest BCUT2D eigenvalue weighted by Gasteiger charge is -1.95. The van der Waals surface area contributed by atoms with Crippen molar-refractivity contribution in [2.45, 2.75) is 0 Å². The molecule has 19 heavy (non-hydrogen) atoms. The molecule has 0 bridgehead atoms. The van der Waals surface area contributed by atoms with Crippen molar-refractivity contribution < 1.29 is 9.34 Å². The van der Waals surface area contributed by atoms with Gasteiger partial charge in [-0.2, -0.15) is 0 Å². The molecule has 3 rings (SSSR count). The topological polar surface area (TPSA) is 56.3 Å². The van der Waals surface area contributed by atoms with Gasteiger partial charge in [0.2, 0.25) is 0 Å². The van der Waals surface area contributed by atoms with Crippen LogP contribution in [0.15, 0.2) is 52.9 Å². The molecular formula is C14H8ClNO3. The van der Waals surface area contributed by atoms with E-state index in [0.717, 1.165) is 5.56 Å². The maximum absolute atomic E-state index is 10.7. The van der Waals surface area contributed by atoms with Gasteiger partial charge in [-0.15, -0.1) is 0 Å². The summed E-state index contributed by atoms with van der Waals surface area (Å²) in [7, 11) is 0. The molecule has 1 heterocycles. The second-order valence-corrected chi connectivity index (χ2v) is 4.53. The van der Waals surface area contributed by atoms with Crippen molar-refractivity contribution in [2.75, 3.05) is 0 Å². The number of furan rings is 1. The van der Waals surface area contributed by atoms with Gasteiger partial charge in [-0.25, -0.2) is 0 Å². The minimum atomic E-state index is -0.422. The molecule has 0 atom stereocenters. The van der Waals surface area contributed by atoms with Crippen molar-refractivity contribution in [2.24, 2.45) is 0 Å². The molecule has 0 fully saturated rings. The predicted octanol–water partition coefficient (Wildman–Crippen LogP) is 4.66. The largest absolute Gasteiger partial charge is 0.456 e. The third-order valence-electron chi connectivity index (χ3n) is 2.84. The summed E-state index contributed by atoms with van der Waals surface area (Å²) in [6.45, 7) is 0. The van der Waals surface area contributed by atoms with Gasteiger partial charge in [0.1, 0.15) is 11.3 Å². The molecule has 0 aliphatic heterocycles. The highest BCUT2D eigenvalue weighted by Crippen LogP contribution is 2.30. The lowest BCUT2D eigenvalue weighted by molar-refractivity contribution is -0.384. The first kappa shape index (κ1) is 11.7. The van der Waals surface area contributed by atoms with Crippen LogP contribution in [0.2, 0.25) is 5.02 Å². The van der Waals surface area contributed by atoms with E-state index in [1.54, 1.807) is 24.3 Å². The molecule has 0 aliphatic rings. The molecule has 0 amide bonds. The molecule has 0 N–H and O–H groups in total. The number of nitro benzene ring substituents is 1. The first-order valence-corrected chi connectivity index (χ1v) is 5.95. The van der Waals surface area contributed by atoms with Crippen molar-refractivity contribution in [1.29, 1.82) is 0 Å². The van der Waals surface area contributed by atoms with E-state index in [1.807, 2.05) is 12.1 Å². The van der Waals surface area contributed by atoms with Crippen LogP contribution in [0, 0.1) is 10.1 Å². The molecule has 0 unspecified atom stereocenters. The van der Waals surface area contributed by atoms with Gasteiger partial charge in [-0.1, -0.05) is 11.6 Å². The molecule has 4 nitrogen and oxygen atoms in total. The predicted molar refractivity (Wildman–Crippen MR) is 73.3 cm³/mol. The average Bonchev–Trinajstić information content (AvgIpc) is 2.82. The number of benzene rings is 2. The Morgan fingerprint density at radius 2 is 1.79 bits per heavy atom. The first-order chi connectivity index (χ1) is 9.13. The van der Waals surface area contributed by atoms with Crippen LogP contribution in [0.25, 0.3) is 22.3 Å². The Labute approximate surface area is 113 Å². The first-order valence-electron chi connectivity index (χ1n) is 5.57. The molecular weight excluding hydrogens is 266 g/mol. The van der Waals surface area contributed by atoms with E-state index in [4.69, 9.17) is 16.0 Å². The standard InChI is InChI=1S/C14H8ClNO3/c15-11-3-1-9(2-4-11)14-8-10-7-12(16(17)18)5-6-13(10)19-14/h1-8H. The van der Waals surface area contributed by atoms with E-state index >= 15 is 0 Å². The summed E-state index contributed by atoms with van der Waals surface area (Å²) < 4.78 is 5.66. The van der Waals surface area contributed by atoms with Gasteiger partial charge < -0.3 is 4.42 Å². The third-order valence-corrected chi connectivity index (χ3v) is 3.09. The number of hydrogen-bond donors (Lipinski definition) is 0. The number of rotatable bonds is 2.